The Labute approximate surface area is 144 Å². The van der Waals surface area contributed by atoms with E-state index < -0.39 is 0 Å². The van der Waals surface area contributed by atoms with Crippen molar-refractivity contribution in [2.45, 2.75) is 34.1 Å². The van der Waals surface area contributed by atoms with E-state index in [1.807, 2.05) is 48.9 Å². The van der Waals surface area contributed by atoms with E-state index in [4.69, 9.17) is 0 Å². The third-order valence-corrected chi connectivity index (χ3v) is 4.35. The minimum absolute atomic E-state index is 0.0354. The molecule has 1 N–H and O–H groups in total. The molecule has 1 heterocycles. The number of hydrogen-bond acceptors (Lipinski definition) is 3. The zero-order valence-electron chi connectivity index (χ0n) is 15.2. The predicted octanol–water partition coefficient (Wildman–Crippen LogP) is 2.95. The Bertz CT molecular complexity index is 660. The Balaban J connectivity index is 2.01. The smallest absolute Gasteiger partial charge is 0.255 e. The van der Waals surface area contributed by atoms with Crippen LogP contribution < -0.4 is 5.32 Å². The maximum Gasteiger partial charge on any atom is 0.255 e. The Morgan fingerprint density at radius 2 is 1.83 bits per heavy atom. The summed E-state index contributed by atoms with van der Waals surface area (Å²) in [6.45, 7) is 11.9. The van der Waals surface area contributed by atoms with Gasteiger partial charge >= 0.3 is 0 Å². The Hall–Kier alpha value is -2.14. The molecule has 130 valence electrons. The number of nitrogens with one attached hydrogen (secondary N) is 1. The van der Waals surface area contributed by atoms with Crippen molar-refractivity contribution in [1.29, 1.82) is 0 Å². The van der Waals surface area contributed by atoms with Gasteiger partial charge in [-0.3, -0.25) is 4.79 Å². The first-order valence-electron chi connectivity index (χ1n) is 8.70. The van der Waals surface area contributed by atoms with Gasteiger partial charge in [-0.15, -0.1) is 0 Å². The third-order valence-electron chi connectivity index (χ3n) is 4.35. The summed E-state index contributed by atoms with van der Waals surface area (Å²) in [5.41, 5.74) is 3.29. The van der Waals surface area contributed by atoms with Gasteiger partial charge in [-0.1, -0.05) is 32.0 Å². The van der Waals surface area contributed by atoms with Crippen molar-refractivity contribution in [3.8, 4) is 5.69 Å². The van der Waals surface area contributed by atoms with E-state index in [2.05, 4.69) is 29.2 Å². The minimum atomic E-state index is -0.0354. The molecular formula is C19H28N4O. The highest BCUT2D eigenvalue weighted by Crippen LogP contribution is 2.17. The third kappa shape index (κ3) is 4.23. The number of aromatic nitrogens is 2. The molecule has 0 radical (unpaired) electrons. The molecule has 1 amide bonds. The summed E-state index contributed by atoms with van der Waals surface area (Å²) in [5, 5.41) is 7.56. The van der Waals surface area contributed by atoms with Crippen LogP contribution >= 0.6 is 0 Å². The normalized spacial score (nSPS) is 11.0. The van der Waals surface area contributed by atoms with Crippen LogP contribution in [0, 0.1) is 13.8 Å². The Morgan fingerprint density at radius 3 is 2.46 bits per heavy atom. The maximum absolute atomic E-state index is 12.5. The summed E-state index contributed by atoms with van der Waals surface area (Å²) in [7, 11) is 0. The van der Waals surface area contributed by atoms with E-state index in [9.17, 15) is 4.79 Å². The minimum Gasteiger partial charge on any atom is -0.352 e. The van der Waals surface area contributed by atoms with Crippen molar-refractivity contribution in [1.82, 2.24) is 20.0 Å². The summed E-state index contributed by atoms with van der Waals surface area (Å²) < 4.78 is 1.83. The van der Waals surface area contributed by atoms with Crippen LogP contribution in [0.2, 0.25) is 0 Å². The summed E-state index contributed by atoms with van der Waals surface area (Å²) in [4.78, 5) is 14.9. The van der Waals surface area contributed by atoms with Crippen LogP contribution in [0.5, 0.6) is 0 Å². The molecule has 0 unspecified atom stereocenters. The summed E-state index contributed by atoms with van der Waals surface area (Å²) in [6.07, 6.45) is 0.957. The van der Waals surface area contributed by atoms with Crippen LogP contribution in [0.3, 0.4) is 0 Å². The van der Waals surface area contributed by atoms with Crippen molar-refractivity contribution >= 4 is 5.91 Å². The fraction of sp³-hybridized carbons (Fsp3) is 0.474. The molecule has 0 bridgehead atoms. The van der Waals surface area contributed by atoms with Gasteiger partial charge in [0.1, 0.15) is 0 Å². The second-order valence-electron chi connectivity index (χ2n) is 5.93. The lowest BCUT2D eigenvalue weighted by Crippen LogP contribution is -2.30. The van der Waals surface area contributed by atoms with Gasteiger partial charge in [0.2, 0.25) is 0 Å². The number of rotatable bonds is 8. The molecule has 0 spiro atoms. The van der Waals surface area contributed by atoms with Gasteiger partial charge in [0.25, 0.3) is 5.91 Å². The Morgan fingerprint density at radius 1 is 1.17 bits per heavy atom. The van der Waals surface area contributed by atoms with E-state index in [-0.39, 0.29) is 5.91 Å². The molecule has 1 aromatic heterocycles. The number of aryl methyl sites for hydroxylation is 1. The van der Waals surface area contributed by atoms with E-state index in [1.165, 1.54) is 0 Å². The fourth-order valence-corrected chi connectivity index (χ4v) is 2.92. The van der Waals surface area contributed by atoms with Crippen molar-refractivity contribution in [3.05, 3.63) is 47.3 Å². The van der Waals surface area contributed by atoms with E-state index in [1.54, 1.807) is 0 Å². The van der Waals surface area contributed by atoms with Gasteiger partial charge in [-0.2, -0.15) is 5.10 Å². The monoisotopic (exact) mass is 328 g/mol. The van der Waals surface area contributed by atoms with Gasteiger partial charge < -0.3 is 10.2 Å². The van der Waals surface area contributed by atoms with Crippen molar-refractivity contribution in [3.63, 3.8) is 0 Å². The molecule has 1 aromatic carbocycles. The largest absolute Gasteiger partial charge is 0.352 e. The van der Waals surface area contributed by atoms with Gasteiger partial charge in [0.05, 0.1) is 22.6 Å². The average Bonchev–Trinajstić information content (AvgIpc) is 2.90. The molecule has 5 heteroatoms. The van der Waals surface area contributed by atoms with Crippen LogP contribution in [0.25, 0.3) is 5.69 Å². The van der Waals surface area contributed by atoms with Gasteiger partial charge in [0.15, 0.2) is 0 Å². The first-order valence-corrected chi connectivity index (χ1v) is 8.70. The molecule has 5 nitrogen and oxygen atoms in total. The molecule has 0 atom stereocenters. The first-order chi connectivity index (χ1) is 11.6. The quantitative estimate of drug-likeness (QED) is 0.758. The number of nitrogens with zero attached hydrogens (tertiary/aromatic N) is 3. The van der Waals surface area contributed by atoms with Gasteiger partial charge in [-0.05, 0) is 52.0 Å². The highest BCUT2D eigenvalue weighted by molar-refractivity contribution is 5.96. The molecule has 0 aliphatic rings. The number of hydrogen-bond donors (Lipinski definition) is 1. The molecular weight excluding hydrogens is 300 g/mol. The van der Waals surface area contributed by atoms with Crippen LogP contribution in [-0.2, 0) is 0 Å². The van der Waals surface area contributed by atoms with Crippen molar-refractivity contribution < 1.29 is 4.79 Å². The second kappa shape index (κ2) is 8.64. The molecule has 2 rings (SSSR count). The van der Waals surface area contributed by atoms with Crippen LogP contribution in [0.4, 0.5) is 0 Å². The number of amides is 1. The lowest BCUT2D eigenvalue weighted by Gasteiger charge is -2.17. The Kier molecular flexibility index (Phi) is 6.55. The van der Waals surface area contributed by atoms with Gasteiger partial charge in [0, 0.05) is 6.54 Å². The fourth-order valence-electron chi connectivity index (χ4n) is 2.92. The van der Waals surface area contributed by atoms with E-state index in [0.717, 1.165) is 43.1 Å². The molecule has 0 aliphatic heterocycles. The highest BCUT2D eigenvalue weighted by Gasteiger charge is 2.18. The zero-order chi connectivity index (χ0) is 17.5. The first kappa shape index (κ1) is 18.2. The number of benzene rings is 1. The van der Waals surface area contributed by atoms with Crippen molar-refractivity contribution in [2.24, 2.45) is 0 Å². The number of carbonyl (C=O) groups is 1. The summed E-state index contributed by atoms with van der Waals surface area (Å²) >= 11 is 0. The lowest BCUT2D eigenvalue weighted by atomic mass is 10.2. The maximum atomic E-state index is 12.5. The van der Waals surface area contributed by atoms with Crippen LogP contribution in [-0.4, -0.2) is 46.8 Å². The molecule has 24 heavy (non-hydrogen) atoms. The summed E-state index contributed by atoms with van der Waals surface area (Å²) in [5.74, 6) is -0.0354. The number of carbonyl (C=O) groups excluding carboxylic acids is 1. The van der Waals surface area contributed by atoms with Crippen LogP contribution in [0.1, 0.15) is 42.0 Å². The molecule has 0 aliphatic carbocycles. The molecule has 0 fully saturated rings. The zero-order valence-corrected chi connectivity index (χ0v) is 15.2. The average molecular weight is 328 g/mol. The molecule has 0 saturated carbocycles. The predicted molar refractivity (Wildman–Crippen MR) is 97.8 cm³/mol. The molecule has 0 saturated heterocycles. The van der Waals surface area contributed by atoms with Crippen LogP contribution in [0.15, 0.2) is 30.3 Å². The molecule has 2 aromatic rings. The number of para-hydroxylation sites is 1. The van der Waals surface area contributed by atoms with E-state index >= 15 is 0 Å². The van der Waals surface area contributed by atoms with Gasteiger partial charge in [-0.25, -0.2) is 4.68 Å². The lowest BCUT2D eigenvalue weighted by molar-refractivity contribution is 0.0950. The topological polar surface area (TPSA) is 50.2 Å². The SMILES string of the molecule is CCN(CC)CCCNC(=O)c1c(C)nn(-c2ccccc2)c1C. The van der Waals surface area contributed by atoms with E-state index in [0.29, 0.717) is 12.1 Å². The summed E-state index contributed by atoms with van der Waals surface area (Å²) in [6, 6.07) is 9.90. The highest BCUT2D eigenvalue weighted by atomic mass is 16.1. The van der Waals surface area contributed by atoms with Crippen molar-refractivity contribution in [2.75, 3.05) is 26.2 Å². The second-order valence-corrected chi connectivity index (χ2v) is 5.93. The standard InChI is InChI=1S/C19H28N4O/c1-5-22(6-2)14-10-13-20-19(24)18-15(3)21-23(16(18)4)17-11-8-7-9-12-17/h7-9,11-12H,5-6,10,13-14H2,1-4H3,(H,20,24).